The van der Waals surface area contributed by atoms with Gasteiger partial charge in [-0.15, -0.1) is 11.3 Å². The predicted octanol–water partition coefficient (Wildman–Crippen LogP) is 2.59. The molecule has 2 heterocycles. The summed E-state index contributed by atoms with van der Waals surface area (Å²) < 4.78 is 1.80. The van der Waals surface area contributed by atoms with Crippen molar-refractivity contribution in [1.29, 1.82) is 0 Å². The van der Waals surface area contributed by atoms with Gasteiger partial charge in [-0.25, -0.2) is 9.67 Å². The number of ketones is 1. The number of carbonyl (C=O) groups excluding carboxylic acids is 1. The molecule has 1 aliphatic rings. The normalized spacial score (nSPS) is 18.3. The highest BCUT2D eigenvalue weighted by molar-refractivity contribution is 7.10. The van der Waals surface area contributed by atoms with E-state index < -0.39 is 0 Å². The summed E-state index contributed by atoms with van der Waals surface area (Å²) >= 11 is 1.78. The van der Waals surface area contributed by atoms with Crippen LogP contribution in [0.1, 0.15) is 41.9 Å². The zero-order chi connectivity index (χ0) is 13.2. The van der Waals surface area contributed by atoms with Gasteiger partial charge in [-0.05, 0) is 43.2 Å². The molecule has 2 aromatic rings. The third-order valence-corrected chi connectivity index (χ3v) is 4.76. The van der Waals surface area contributed by atoms with E-state index in [1.165, 1.54) is 16.8 Å². The molecule has 19 heavy (non-hydrogen) atoms. The van der Waals surface area contributed by atoms with Crippen LogP contribution in [0.4, 0.5) is 0 Å². The highest BCUT2D eigenvalue weighted by Crippen LogP contribution is 2.35. The summed E-state index contributed by atoms with van der Waals surface area (Å²) in [4.78, 5) is 18.1. The number of fused-ring (bicyclic) bond motifs is 1. The topological polar surface area (TPSA) is 47.8 Å². The molecule has 0 aliphatic heterocycles. The van der Waals surface area contributed by atoms with Crippen LogP contribution < -0.4 is 0 Å². The number of rotatable bonds is 4. The molecule has 0 N–H and O–H groups in total. The quantitative estimate of drug-likeness (QED) is 0.861. The Hall–Kier alpha value is -1.49. The summed E-state index contributed by atoms with van der Waals surface area (Å²) in [5.41, 5.74) is 1.25. The molecule has 0 aromatic carbocycles. The van der Waals surface area contributed by atoms with Gasteiger partial charge in [0.2, 0.25) is 0 Å². The van der Waals surface area contributed by atoms with E-state index in [-0.39, 0.29) is 11.7 Å². The van der Waals surface area contributed by atoms with Crippen molar-refractivity contribution in [3.63, 3.8) is 0 Å². The Morgan fingerprint density at radius 1 is 1.58 bits per heavy atom. The van der Waals surface area contributed by atoms with E-state index >= 15 is 0 Å². The van der Waals surface area contributed by atoms with Gasteiger partial charge in [0, 0.05) is 17.3 Å². The third kappa shape index (κ3) is 2.34. The van der Waals surface area contributed by atoms with Crippen LogP contribution in [0.5, 0.6) is 0 Å². The number of aryl methyl sites for hydroxylation is 2. The second-order valence-corrected chi connectivity index (χ2v) is 5.88. The molecule has 0 radical (unpaired) electrons. The van der Waals surface area contributed by atoms with Crippen LogP contribution in [0.25, 0.3) is 0 Å². The molecular formula is C14H17N3OS. The van der Waals surface area contributed by atoms with Crippen molar-refractivity contribution in [2.24, 2.45) is 0 Å². The van der Waals surface area contributed by atoms with Gasteiger partial charge in [0.1, 0.15) is 17.9 Å². The van der Waals surface area contributed by atoms with E-state index in [1.54, 1.807) is 16.0 Å². The van der Waals surface area contributed by atoms with E-state index in [1.807, 2.05) is 6.92 Å². The molecule has 0 bridgehead atoms. The molecule has 4 nitrogen and oxygen atoms in total. The monoisotopic (exact) mass is 275 g/mol. The SMILES string of the molecule is CCn1ncnc1CC(=O)C1CCCc2sccc21. The van der Waals surface area contributed by atoms with Crippen LogP contribution in [0.2, 0.25) is 0 Å². The maximum Gasteiger partial charge on any atom is 0.147 e. The minimum atomic E-state index is 0.0667. The molecule has 0 amide bonds. The molecule has 3 rings (SSSR count). The predicted molar refractivity (Wildman–Crippen MR) is 74.4 cm³/mol. The van der Waals surface area contributed by atoms with Gasteiger partial charge in [0.25, 0.3) is 0 Å². The number of thiophene rings is 1. The maximum absolute atomic E-state index is 12.5. The highest BCUT2D eigenvalue weighted by atomic mass is 32.1. The molecule has 0 fully saturated rings. The van der Waals surface area contributed by atoms with Gasteiger partial charge in [-0.1, -0.05) is 0 Å². The zero-order valence-electron chi connectivity index (χ0n) is 11.0. The van der Waals surface area contributed by atoms with Crippen LogP contribution in [0, 0.1) is 0 Å². The van der Waals surface area contributed by atoms with Gasteiger partial charge >= 0.3 is 0 Å². The van der Waals surface area contributed by atoms with Crippen molar-refractivity contribution >= 4 is 17.1 Å². The Bertz CT molecular complexity index is 587. The third-order valence-electron chi connectivity index (χ3n) is 3.77. The summed E-state index contributed by atoms with van der Waals surface area (Å²) in [6.45, 7) is 2.78. The number of Topliss-reactive ketones (excluding diaryl/α,β-unsaturated/α-hetero) is 1. The number of carbonyl (C=O) groups is 1. The van der Waals surface area contributed by atoms with Crippen LogP contribution in [0.15, 0.2) is 17.8 Å². The van der Waals surface area contributed by atoms with E-state index in [4.69, 9.17) is 0 Å². The van der Waals surface area contributed by atoms with E-state index in [9.17, 15) is 4.79 Å². The summed E-state index contributed by atoms with van der Waals surface area (Å²) in [5.74, 6) is 1.13. The first-order chi connectivity index (χ1) is 9.29. The number of hydrogen-bond donors (Lipinski definition) is 0. The van der Waals surface area contributed by atoms with E-state index in [0.717, 1.165) is 31.6 Å². The lowest BCUT2D eigenvalue weighted by molar-refractivity contribution is -0.120. The zero-order valence-corrected chi connectivity index (χ0v) is 11.8. The minimum Gasteiger partial charge on any atom is -0.299 e. The first kappa shape index (κ1) is 12.5. The molecule has 1 aliphatic carbocycles. The molecule has 100 valence electrons. The Kier molecular flexibility index (Phi) is 3.46. The molecule has 2 aromatic heterocycles. The Labute approximate surface area is 116 Å². The number of aromatic nitrogens is 3. The summed E-state index contributed by atoms with van der Waals surface area (Å²) in [6, 6.07) is 2.12. The van der Waals surface area contributed by atoms with Gasteiger partial charge in [-0.2, -0.15) is 5.10 Å². The lowest BCUT2D eigenvalue weighted by Gasteiger charge is -2.21. The van der Waals surface area contributed by atoms with Gasteiger partial charge in [0.15, 0.2) is 0 Å². The van der Waals surface area contributed by atoms with Crippen LogP contribution in [-0.4, -0.2) is 20.5 Å². The standard InChI is InChI=1S/C14H17N3OS/c1-2-17-14(15-9-16-17)8-12(18)10-4-3-5-13-11(10)6-7-19-13/h6-7,9-10H,2-5,8H2,1H3. The molecule has 0 spiro atoms. The van der Waals surface area contributed by atoms with Gasteiger partial charge in [-0.3, -0.25) is 4.79 Å². The van der Waals surface area contributed by atoms with Crippen molar-refractivity contribution in [2.75, 3.05) is 0 Å². The second kappa shape index (κ2) is 5.25. The second-order valence-electron chi connectivity index (χ2n) is 4.88. The maximum atomic E-state index is 12.5. The van der Waals surface area contributed by atoms with E-state index in [2.05, 4.69) is 21.5 Å². The lowest BCUT2D eigenvalue weighted by Crippen LogP contribution is -2.20. The summed E-state index contributed by atoms with van der Waals surface area (Å²) in [7, 11) is 0. The lowest BCUT2D eigenvalue weighted by atomic mass is 9.84. The van der Waals surface area contributed by atoms with Crippen LogP contribution in [0.3, 0.4) is 0 Å². The van der Waals surface area contributed by atoms with Crippen LogP contribution >= 0.6 is 11.3 Å². The van der Waals surface area contributed by atoms with Crippen molar-refractivity contribution in [1.82, 2.24) is 14.8 Å². The molecule has 1 atom stereocenters. The fourth-order valence-electron chi connectivity index (χ4n) is 2.79. The van der Waals surface area contributed by atoms with Gasteiger partial charge in [0.05, 0.1) is 6.42 Å². The number of nitrogens with zero attached hydrogens (tertiary/aromatic N) is 3. The minimum absolute atomic E-state index is 0.0667. The average Bonchev–Trinajstić information content (AvgIpc) is 3.05. The first-order valence-corrected chi connectivity index (χ1v) is 7.63. The van der Waals surface area contributed by atoms with Gasteiger partial charge < -0.3 is 0 Å². The highest BCUT2D eigenvalue weighted by Gasteiger charge is 2.27. The summed E-state index contributed by atoms with van der Waals surface area (Å²) in [5, 5.41) is 6.22. The largest absolute Gasteiger partial charge is 0.299 e. The Morgan fingerprint density at radius 3 is 3.32 bits per heavy atom. The summed E-state index contributed by atoms with van der Waals surface area (Å²) in [6.07, 6.45) is 5.14. The first-order valence-electron chi connectivity index (χ1n) is 6.75. The molecule has 5 heteroatoms. The van der Waals surface area contributed by atoms with Crippen molar-refractivity contribution in [3.05, 3.63) is 34.0 Å². The van der Waals surface area contributed by atoms with Crippen molar-refractivity contribution < 1.29 is 4.79 Å². The molecule has 1 unspecified atom stereocenters. The Balaban J connectivity index is 1.79. The fraction of sp³-hybridized carbons (Fsp3) is 0.500. The van der Waals surface area contributed by atoms with Crippen LogP contribution in [-0.2, 0) is 24.2 Å². The smallest absolute Gasteiger partial charge is 0.147 e. The van der Waals surface area contributed by atoms with Crippen molar-refractivity contribution in [3.8, 4) is 0 Å². The fourth-order valence-corrected chi connectivity index (χ4v) is 3.78. The average molecular weight is 275 g/mol. The molecule has 0 saturated heterocycles. The Morgan fingerprint density at radius 2 is 2.47 bits per heavy atom. The molecular weight excluding hydrogens is 258 g/mol. The number of hydrogen-bond acceptors (Lipinski definition) is 4. The van der Waals surface area contributed by atoms with Crippen molar-refractivity contribution in [2.45, 2.75) is 45.1 Å². The molecule has 0 saturated carbocycles. The van der Waals surface area contributed by atoms with E-state index in [0.29, 0.717) is 6.42 Å².